The van der Waals surface area contributed by atoms with Gasteiger partial charge in [0.15, 0.2) is 0 Å². The average molecular weight is 504 g/mol. The van der Waals surface area contributed by atoms with Crippen LogP contribution in [0.1, 0.15) is 54.2 Å². The van der Waals surface area contributed by atoms with E-state index in [9.17, 15) is 9.59 Å². The number of aryl methyl sites for hydroxylation is 1. The molecule has 186 valence electrons. The fourth-order valence-electron chi connectivity index (χ4n) is 4.49. The number of amides is 1. The van der Waals surface area contributed by atoms with E-state index in [1.54, 1.807) is 12.1 Å². The van der Waals surface area contributed by atoms with E-state index in [0.29, 0.717) is 11.5 Å². The first-order chi connectivity index (χ1) is 17.2. The van der Waals surface area contributed by atoms with Crippen molar-refractivity contribution in [2.45, 2.75) is 39.7 Å². The van der Waals surface area contributed by atoms with Crippen molar-refractivity contribution in [3.8, 4) is 11.1 Å². The zero-order chi connectivity index (χ0) is 25.8. The smallest absolute Gasteiger partial charge is 0.305 e. The Bertz CT molecular complexity index is 1390. The number of nitrogens with one attached hydrogen (secondary N) is 1. The van der Waals surface area contributed by atoms with Gasteiger partial charge in [0.05, 0.1) is 24.2 Å². The second kappa shape index (κ2) is 11.0. The summed E-state index contributed by atoms with van der Waals surface area (Å²) in [7, 11) is 0. The van der Waals surface area contributed by atoms with Crippen LogP contribution < -0.4 is 5.32 Å². The highest BCUT2D eigenvalue weighted by atomic mass is 35.5. The Balaban J connectivity index is 1.62. The lowest BCUT2D eigenvalue weighted by atomic mass is 9.95. The molecule has 7 heteroatoms. The second-order valence-electron chi connectivity index (χ2n) is 9.49. The summed E-state index contributed by atoms with van der Waals surface area (Å²) in [5.41, 5.74) is 6.00. The normalized spacial score (nSPS) is 12.1. The summed E-state index contributed by atoms with van der Waals surface area (Å²) in [6.45, 7) is 6.53. The van der Waals surface area contributed by atoms with Gasteiger partial charge in [-0.1, -0.05) is 49.7 Å². The number of carbonyl (C=O) groups is 2. The summed E-state index contributed by atoms with van der Waals surface area (Å²) >= 11 is 6.14. The van der Waals surface area contributed by atoms with E-state index < -0.39 is 5.97 Å². The number of carboxylic acids is 1. The van der Waals surface area contributed by atoms with Gasteiger partial charge < -0.3 is 10.4 Å². The average Bonchev–Trinajstić information content (AvgIpc) is 3.25. The number of fused-ring (bicyclic) bond motifs is 1. The van der Waals surface area contributed by atoms with Crippen molar-refractivity contribution in [1.82, 2.24) is 15.1 Å². The number of rotatable bonds is 9. The van der Waals surface area contributed by atoms with Gasteiger partial charge in [-0.2, -0.15) is 5.10 Å². The predicted molar refractivity (Wildman–Crippen MR) is 144 cm³/mol. The van der Waals surface area contributed by atoms with Crippen molar-refractivity contribution in [1.29, 1.82) is 0 Å². The van der Waals surface area contributed by atoms with Gasteiger partial charge in [0.25, 0.3) is 5.91 Å². The number of hydrogen-bond donors (Lipinski definition) is 2. The second-order valence-corrected chi connectivity index (χ2v) is 9.93. The van der Waals surface area contributed by atoms with Gasteiger partial charge in [0, 0.05) is 22.5 Å². The highest BCUT2D eigenvalue weighted by Gasteiger charge is 2.20. The fraction of sp³-hybridized carbons (Fsp3) is 0.276. The van der Waals surface area contributed by atoms with Gasteiger partial charge in [-0.3, -0.25) is 14.3 Å². The monoisotopic (exact) mass is 503 g/mol. The summed E-state index contributed by atoms with van der Waals surface area (Å²) in [5, 5.41) is 18.0. The first-order valence-electron chi connectivity index (χ1n) is 12.1. The first kappa shape index (κ1) is 25.5. The molecule has 3 aromatic carbocycles. The number of benzene rings is 3. The van der Waals surface area contributed by atoms with Gasteiger partial charge in [0.2, 0.25) is 0 Å². The third kappa shape index (κ3) is 5.77. The molecule has 4 rings (SSSR count). The summed E-state index contributed by atoms with van der Waals surface area (Å²) in [5.74, 6) is -0.786. The number of hydrogen-bond acceptors (Lipinski definition) is 3. The molecule has 0 aliphatic heterocycles. The number of carbonyl (C=O) groups excluding carboxylic acids is 1. The van der Waals surface area contributed by atoms with Crippen molar-refractivity contribution >= 4 is 34.4 Å². The lowest BCUT2D eigenvalue weighted by Gasteiger charge is -2.22. The minimum Gasteiger partial charge on any atom is -0.481 e. The minimum absolute atomic E-state index is 0.00902. The van der Waals surface area contributed by atoms with E-state index in [-0.39, 0.29) is 24.9 Å². The lowest BCUT2D eigenvalue weighted by molar-refractivity contribution is -0.136. The number of carboxylic acid groups (broad SMARTS) is 1. The van der Waals surface area contributed by atoms with Crippen molar-refractivity contribution in [3.63, 3.8) is 0 Å². The van der Waals surface area contributed by atoms with Crippen LogP contribution in [0.3, 0.4) is 0 Å². The van der Waals surface area contributed by atoms with E-state index in [0.717, 1.165) is 44.6 Å². The van der Waals surface area contributed by atoms with Crippen LogP contribution in [0, 0.1) is 12.8 Å². The van der Waals surface area contributed by atoms with Gasteiger partial charge in [-0.25, -0.2) is 0 Å². The third-order valence-corrected chi connectivity index (χ3v) is 6.50. The summed E-state index contributed by atoms with van der Waals surface area (Å²) in [6.07, 6.45) is 2.69. The largest absolute Gasteiger partial charge is 0.481 e. The van der Waals surface area contributed by atoms with Gasteiger partial charge >= 0.3 is 5.97 Å². The van der Waals surface area contributed by atoms with Crippen molar-refractivity contribution in [2.75, 3.05) is 6.54 Å². The van der Waals surface area contributed by atoms with Crippen molar-refractivity contribution in [3.05, 3.63) is 88.6 Å². The van der Waals surface area contributed by atoms with Crippen LogP contribution in [-0.2, 0) is 4.79 Å². The molecule has 1 atom stereocenters. The van der Waals surface area contributed by atoms with Gasteiger partial charge in [-0.15, -0.1) is 0 Å². The van der Waals surface area contributed by atoms with Crippen LogP contribution in [-0.4, -0.2) is 33.3 Å². The van der Waals surface area contributed by atoms with Gasteiger partial charge in [-0.05, 0) is 77.9 Å². The molecule has 1 unspecified atom stereocenters. The van der Waals surface area contributed by atoms with Crippen LogP contribution in [0.5, 0.6) is 0 Å². The molecule has 0 aliphatic carbocycles. The van der Waals surface area contributed by atoms with Crippen molar-refractivity contribution in [2.24, 2.45) is 5.92 Å². The molecule has 0 saturated heterocycles. The molecule has 36 heavy (non-hydrogen) atoms. The number of nitrogens with zero attached hydrogens (tertiary/aromatic N) is 2. The van der Waals surface area contributed by atoms with Gasteiger partial charge in [0.1, 0.15) is 0 Å². The molecule has 0 fully saturated rings. The molecule has 0 aliphatic rings. The van der Waals surface area contributed by atoms with E-state index in [1.807, 2.05) is 36.5 Å². The van der Waals surface area contributed by atoms with Crippen molar-refractivity contribution < 1.29 is 14.7 Å². The molecular formula is C29H30ClN3O3. The maximum Gasteiger partial charge on any atom is 0.305 e. The Morgan fingerprint density at radius 3 is 2.47 bits per heavy atom. The highest BCUT2D eigenvalue weighted by Crippen LogP contribution is 2.32. The molecule has 0 bridgehead atoms. The van der Waals surface area contributed by atoms with Crippen LogP contribution in [0.4, 0.5) is 0 Å². The van der Waals surface area contributed by atoms with Crippen LogP contribution >= 0.6 is 11.6 Å². The quantitative estimate of drug-likeness (QED) is 0.273. The molecule has 0 spiro atoms. The Labute approximate surface area is 215 Å². The molecule has 4 aromatic rings. The number of aliphatic carboxylic acids is 1. The topological polar surface area (TPSA) is 84.2 Å². The Morgan fingerprint density at radius 2 is 1.81 bits per heavy atom. The van der Waals surface area contributed by atoms with Crippen LogP contribution in [0.25, 0.3) is 22.0 Å². The molecule has 6 nitrogen and oxygen atoms in total. The predicted octanol–water partition coefficient (Wildman–Crippen LogP) is 6.51. The first-order valence-corrected chi connectivity index (χ1v) is 12.4. The molecule has 0 saturated carbocycles. The van der Waals surface area contributed by atoms with Crippen LogP contribution in [0.15, 0.2) is 66.9 Å². The maximum atomic E-state index is 12.4. The summed E-state index contributed by atoms with van der Waals surface area (Å²) < 4.78 is 2.07. The standard InChI is InChI=1S/C29H30ClN3O3/c1-18(2)14-27(20-4-6-21(7-5-20)29(36)31-13-12-28(34)35)33-26-11-8-22(16-23(26)17-32-33)25-10-9-24(30)15-19(25)3/h4-11,15-18,27H,12-14H2,1-3H3,(H,31,36)(H,34,35). The lowest BCUT2D eigenvalue weighted by Crippen LogP contribution is -2.26. The summed E-state index contributed by atoms with van der Waals surface area (Å²) in [4.78, 5) is 23.0. The van der Waals surface area contributed by atoms with Crippen LogP contribution in [0.2, 0.25) is 5.02 Å². The Kier molecular flexibility index (Phi) is 7.75. The Hall–Kier alpha value is -3.64. The third-order valence-electron chi connectivity index (χ3n) is 6.27. The maximum absolute atomic E-state index is 12.4. The molecule has 0 radical (unpaired) electrons. The fourth-order valence-corrected chi connectivity index (χ4v) is 4.71. The molecular weight excluding hydrogens is 474 g/mol. The Morgan fingerprint density at radius 1 is 1.06 bits per heavy atom. The zero-order valence-corrected chi connectivity index (χ0v) is 21.4. The SMILES string of the molecule is Cc1cc(Cl)ccc1-c1ccc2c(cnn2C(CC(C)C)c2ccc(C(=O)NCCC(=O)O)cc2)c1. The number of aromatic nitrogens is 2. The molecule has 2 N–H and O–H groups in total. The van der Waals surface area contributed by atoms with E-state index in [1.165, 1.54) is 0 Å². The minimum atomic E-state index is -0.941. The zero-order valence-electron chi connectivity index (χ0n) is 20.7. The molecule has 1 aromatic heterocycles. The van der Waals surface area contributed by atoms with E-state index in [2.05, 4.69) is 49.0 Å². The molecule has 1 amide bonds. The molecule has 1 heterocycles. The van der Waals surface area contributed by atoms with E-state index >= 15 is 0 Å². The summed E-state index contributed by atoms with van der Waals surface area (Å²) in [6, 6.07) is 19.8. The highest BCUT2D eigenvalue weighted by molar-refractivity contribution is 6.30. The van der Waals surface area contributed by atoms with E-state index in [4.69, 9.17) is 21.8 Å². The number of halogens is 1.